The number of carbonyl (C=O) groups excluding carboxylic acids is 1. The Morgan fingerprint density at radius 2 is 1.86 bits per heavy atom. The van der Waals surface area contributed by atoms with Crippen molar-refractivity contribution in [2.75, 3.05) is 44.2 Å². The van der Waals surface area contributed by atoms with Gasteiger partial charge in [-0.15, -0.1) is 0 Å². The highest BCUT2D eigenvalue weighted by molar-refractivity contribution is 5.95. The first-order valence-corrected chi connectivity index (χ1v) is 10.8. The van der Waals surface area contributed by atoms with Crippen LogP contribution >= 0.6 is 0 Å². The molecule has 0 bridgehead atoms. The molecule has 2 rings (SSSR count). The van der Waals surface area contributed by atoms with Gasteiger partial charge in [0.2, 0.25) is 5.91 Å². The third-order valence-corrected chi connectivity index (χ3v) is 5.17. The molecule has 0 aliphatic carbocycles. The minimum atomic E-state index is 0.227. The number of aliphatic imine (C=N–C) groups is 1. The van der Waals surface area contributed by atoms with E-state index in [1.54, 1.807) is 0 Å². The second kappa shape index (κ2) is 12.4. The van der Waals surface area contributed by atoms with Gasteiger partial charge in [0.05, 0.1) is 6.54 Å². The minimum absolute atomic E-state index is 0.227. The molecule has 0 atom stereocenters. The molecule has 1 saturated heterocycles. The molecule has 1 aliphatic heterocycles. The number of nitrogens with zero attached hydrogens (tertiary/aromatic N) is 3. The van der Waals surface area contributed by atoms with E-state index in [0.717, 1.165) is 69.3 Å². The monoisotopic (exact) mass is 387 g/mol. The quantitative estimate of drug-likeness (QED) is 0.348. The summed E-state index contributed by atoms with van der Waals surface area (Å²) < 4.78 is 0. The lowest BCUT2D eigenvalue weighted by Crippen LogP contribution is -2.38. The van der Waals surface area contributed by atoms with E-state index >= 15 is 0 Å². The van der Waals surface area contributed by atoms with Crippen LogP contribution in [-0.2, 0) is 11.3 Å². The fraction of sp³-hybridized carbons (Fsp3) is 0.636. The second-order valence-corrected chi connectivity index (χ2v) is 7.17. The van der Waals surface area contributed by atoms with Crippen LogP contribution in [0.2, 0.25) is 0 Å². The van der Waals surface area contributed by atoms with Gasteiger partial charge in [-0.1, -0.05) is 26.0 Å². The third-order valence-electron chi connectivity index (χ3n) is 5.17. The van der Waals surface area contributed by atoms with Crippen molar-refractivity contribution in [3.8, 4) is 0 Å². The summed E-state index contributed by atoms with van der Waals surface area (Å²) in [6.45, 7) is 13.2. The van der Waals surface area contributed by atoms with Crippen LogP contribution in [0.1, 0.15) is 52.0 Å². The second-order valence-electron chi connectivity index (χ2n) is 7.17. The molecule has 2 N–H and O–H groups in total. The summed E-state index contributed by atoms with van der Waals surface area (Å²) in [6, 6.07) is 8.19. The van der Waals surface area contributed by atoms with Gasteiger partial charge in [-0.25, -0.2) is 4.99 Å². The zero-order valence-electron chi connectivity index (χ0n) is 17.8. The molecule has 6 nitrogen and oxygen atoms in total. The van der Waals surface area contributed by atoms with Crippen molar-refractivity contribution in [2.45, 2.75) is 53.0 Å². The lowest BCUT2D eigenvalue weighted by Gasteiger charge is -2.18. The average molecular weight is 388 g/mol. The predicted octanol–water partition coefficient (Wildman–Crippen LogP) is 2.99. The van der Waals surface area contributed by atoms with Crippen molar-refractivity contribution < 1.29 is 4.79 Å². The molecule has 0 radical (unpaired) electrons. The van der Waals surface area contributed by atoms with Crippen molar-refractivity contribution >= 4 is 17.6 Å². The molecule has 0 saturated carbocycles. The summed E-state index contributed by atoms with van der Waals surface area (Å²) in [7, 11) is 0. The highest BCUT2D eigenvalue weighted by atomic mass is 16.2. The lowest BCUT2D eigenvalue weighted by molar-refractivity contribution is -0.117. The number of carbonyl (C=O) groups is 1. The van der Waals surface area contributed by atoms with Crippen molar-refractivity contribution in [2.24, 2.45) is 4.99 Å². The first kappa shape index (κ1) is 22.2. The maximum Gasteiger partial charge on any atom is 0.227 e. The molecule has 6 heteroatoms. The molecular weight excluding hydrogens is 350 g/mol. The Balaban J connectivity index is 1.78. The molecule has 156 valence electrons. The van der Waals surface area contributed by atoms with Crippen LogP contribution in [0.25, 0.3) is 0 Å². The van der Waals surface area contributed by atoms with E-state index in [4.69, 9.17) is 4.99 Å². The van der Waals surface area contributed by atoms with Gasteiger partial charge in [0.1, 0.15) is 0 Å². The van der Waals surface area contributed by atoms with Crippen molar-refractivity contribution in [1.82, 2.24) is 15.5 Å². The standard InChI is InChI=1S/C22H37N5O/c1-4-23-22(24-15-7-8-16-26(5-2)6-3)25-18-19-11-13-20(14-12-19)27-17-9-10-21(27)28/h11-14H,4-10,15-18H2,1-3H3,(H2,23,24,25). The van der Waals surface area contributed by atoms with E-state index in [1.807, 2.05) is 17.0 Å². The Bertz CT molecular complexity index is 610. The van der Waals surface area contributed by atoms with Gasteiger partial charge >= 0.3 is 0 Å². The third kappa shape index (κ3) is 7.15. The number of hydrogen-bond acceptors (Lipinski definition) is 3. The maximum atomic E-state index is 11.8. The van der Waals surface area contributed by atoms with Crippen LogP contribution < -0.4 is 15.5 Å². The molecule has 1 fully saturated rings. The Morgan fingerprint density at radius 1 is 1.11 bits per heavy atom. The molecule has 1 aliphatic rings. The number of benzene rings is 1. The number of hydrogen-bond donors (Lipinski definition) is 2. The van der Waals surface area contributed by atoms with Gasteiger partial charge < -0.3 is 20.4 Å². The Morgan fingerprint density at radius 3 is 2.46 bits per heavy atom. The molecule has 0 aromatic heterocycles. The summed E-state index contributed by atoms with van der Waals surface area (Å²) in [5.74, 6) is 1.09. The van der Waals surface area contributed by atoms with Crippen LogP contribution in [0.3, 0.4) is 0 Å². The van der Waals surface area contributed by atoms with E-state index in [-0.39, 0.29) is 5.91 Å². The van der Waals surface area contributed by atoms with Crippen LogP contribution in [0.15, 0.2) is 29.3 Å². The van der Waals surface area contributed by atoms with E-state index in [9.17, 15) is 4.79 Å². The van der Waals surface area contributed by atoms with Crippen LogP contribution in [-0.4, -0.2) is 56.0 Å². The largest absolute Gasteiger partial charge is 0.357 e. The van der Waals surface area contributed by atoms with E-state index < -0.39 is 0 Å². The Labute approximate surface area is 170 Å². The number of anilines is 1. The molecule has 0 spiro atoms. The van der Waals surface area contributed by atoms with Gasteiger partial charge in [0.25, 0.3) is 0 Å². The number of rotatable bonds is 11. The summed E-state index contributed by atoms with van der Waals surface area (Å²) in [5, 5.41) is 6.74. The SMILES string of the molecule is CCNC(=NCc1ccc(N2CCCC2=O)cc1)NCCCCN(CC)CC. The number of nitrogens with one attached hydrogen (secondary N) is 2. The average Bonchev–Trinajstić information content (AvgIpc) is 3.15. The van der Waals surface area contributed by atoms with Gasteiger partial charge in [-0.3, -0.25) is 4.79 Å². The molecule has 1 aromatic carbocycles. The van der Waals surface area contributed by atoms with Crippen LogP contribution in [0, 0.1) is 0 Å². The highest BCUT2D eigenvalue weighted by Crippen LogP contribution is 2.21. The number of amides is 1. The summed E-state index contributed by atoms with van der Waals surface area (Å²) >= 11 is 0. The summed E-state index contributed by atoms with van der Waals surface area (Å²) in [6.07, 6.45) is 3.96. The van der Waals surface area contributed by atoms with Crippen molar-refractivity contribution in [3.05, 3.63) is 29.8 Å². The Kier molecular flexibility index (Phi) is 9.83. The van der Waals surface area contributed by atoms with Gasteiger partial charge in [0.15, 0.2) is 5.96 Å². The normalized spacial score (nSPS) is 14.8. The molecule has 1 heterocycles. The van der Waals surface area contributed by atoms with Crippen LogP contribution in [0.5, 0.6) is 0 Å². The van der Waals surface area contributed by atoms with Crippen LogP contribution in [0.4, 0.5) is 5.69 Å². The number of guanidine groups is 1. The molecular formula is C22H37N5O. The fourth-order valence-electron chi connectivity index (χ4n) is 3.42. The first-order valence-electron chi connectivity index (χ1n) is 10.8. The van der Waals surface area contributed by atoms with Crippen molar-refractivity contribution in [3.63, 3.8) is 0 Å². The maximum absolute atomic E-state index is 11.8. The zero-order chi connectivity index (χ0) is 20.2. The van der Waals surface area contributed by atoms with Gasteiger partial charge in [-0.2, -0.15) is 0 Å². The van der Waals surface area contributed by atoms with Crippen molar-refractivity contribution in [1.29, 1.82) is 0 Å². The van der Waals surface area contributed by atoms with E-state index in [0.29, 0.717) is 13.0 Å². The minimum Gasteiger partial charge on any atom is -0.357 e. The Hall–Kier alpha value is -2.08. The first-order chi connectivity index (χ1) is 13.7. The highest BCUT2D eigenvalue weighted by Gasteiger charge is 2.21. The molecule has 1 aromatic rings. The molecule has 28 heavy (non-hydrogen) atoms. The molecule has 0 unspecified atom stereocenters. The zero-order valence-corrected chi connectivity index (χ0v) is 17.8. The predicted molar refractivity (Wildman–Crippen MR) is 118 cm³/mol. The van der Waals surface area contributed by atoms with E-state index in [1.165, 1.54) is 6.42 Å². The molecule has 1 amide bonds. The topological polar surface area (TPSA) is 60.0 Å². The van der Waals surface area contributed by atoms with E-state index in [2.05, 4.69) is 48.4 Å². The van der Waals surface area contributed by atoms with Gasteiger partial charge in [-0.05, 0) is 63.5 Å². The fourth-order valence-corrected chi connectivity index (χ4v) is 3.42. The summed E-state index contributed by atoms with van der Waals surface area (Å²) in [5.41, 5.74) is 2.14. The lowest BCUT2D eigenvalue weighted by atomic mass is 10.2. The van der Waals surface area contributed by atoms with Gasteiger partial charge in [0, 0.05) is 31.7 Å². The summed E-state index contributed by atoms with van der Waals surface area (Å²) in [4.78, 5) is 20.9. The smallest absolute Gasteiger partial charge is 0.227 e. The number of unbranched alkanes of at least 4 members (excludes halogenated alkanes) is 1.